The van der Waals surface area contributed by atoms with E-state index in [1.165, 1.54) is 57.0 Å². The second-order valence-electron chi connectivity index (χ2n) is 14.2. The van der Waals surface area contributed by atoms with Gasteiger partial charge in [0.25, 0.3) is 0 Å². The first kappa shape index (κ1) is 29.7. The van der Waals surface area contributed by atoms with E-state index in [2.05, 4.69) is 83.1 Å². The van der Waals surface area contributed by atoms with Crippen LogP contribution < -0.4 is 0 Å². The SMILES string of the molecule is CC(CCP(=S)(CCC(C)CC(C)(C)C)CCC(C)CC(C)(C)C)CC(C)(C)C. The summed E-state index contributed by atoms with van der Waals surface area (Å²) >= 11 is 6.49. The fourth-order valence-electron chi connectivity index (χ4n) is 5.14. The summed E-state index contributed by atoms with van der Waals surface area (Å²) in [6.45, 7) is 28.8. The molecule has 0 nitrogen and oxygen atoms in total. The van der Waals surface area contributed by atoms with Crippen LogP contribution in [0, 0.1) is 34.0 Å². The Hall–Kier alpha value is 0.650. The highest BCUT2D eigenvalue weighted by Crippen LogP contribution is 2.51. The van der Waals surface area contributed by atoms with Crippen LogP contribution in [0.1, 0.15) is 122 Å². The van der Waals surface area contributed by atoms with Crippen molar-refractivity contribution >= 4 is 17.8 Å². The van der Waals surface area contributed by atoms with Crippen LogP contribution in [0.2, 0.25) is 0 Å². The lowest BCUT2D eigenvalue weighted by atomic mass is 9.84. The third-order valence-electron chi connectivity index (χ3n) is 5.97. The second-order valence-corrected chi connectivity index (χ2v) is 20.0. The van der Waals surface area contributed by atoms with Crippen molar-refractivity contribution in [2.45, 2.75) is 122 Å². The minimum Gasteiger partial charge on any atom is -0.0975 e. The molecule has 0 bridgehead atoms. The van der Waals surface area contributed by atoms with Crippen molar-refractivity contribution in [3.63, 3.8) is 0 Å². The Labute approximate surface area is 191 Å². The molecule has 0 aromatic carbocycles. The molecule has 176 valence electrons. The van der Waals surface area contributed by atoms with Crippen LogP contribution in [0.15, 0.2) is 0 Å². The molecule has 0 radical (unpaired) electrons. The van der Waals surface area contributed by atoms with E-state index in [9.17, 15) is 0 Å². The molecule has 2 heteroatoms. The standard InChI is InChI=1S/C27H57PS/c1-22(19-25(4,5)6)13-16-28(29,17-14-23(2)20-26(7,8)9)18-15-24(3)21-27(10,11)12/h22-24H,13-21H2,1-12H3. The van der Waals surface area contributed by atoms with Crippen molar-refractivity contribution in [2.24, 2.45) is 34.0 Å². The summed E-state index contributed by atoms with van der Waals surface area (Å²) in [5.41, 5.74) is 1.30. The molecule has 0 aromatic rings. The fraction of sp³-hybridized carbons (Fsp3) is 1.00. The molecule has 0 aromatic heterocycles. The van der Waals surface area contributed by atoms with Gasteiger partial charge in [-0.15, -0.1) is 0 Å². The molecule has 0 saturated carbocycles. The molecule has 0 aliphatic rings. The van der Waals surface area contributed by atoms with Gasteiger partial charge in [-0.05, 0) is 97.0 Å². The minimum absolute atomic E-state index is 0.435. The van der Waals surface area contributed by atoms with Gasteiger partial charge < -0.3 is 0 Å². The molecular formula is C27H57PS. The third kappa shape index (κ3) is 18.0. The van der Waals surface area contributed by atoms with Gasteiger partial charge in [0.05, 0.1) is 0 Å². The summed E-state index contributed by atoms with van der Waals surface area (Å²) in [6.07, 6.45) is 12.0. The first-order valence-electron chi connectivity index (χ1n) is 12.4. The molecule has 0 aliphatic carbocycles. The maximum Gasteiger partial charge on any atom is -0.0232 e. The van der Waals surface area contributed by atoms with E-state index in [1.807, 2.05) is 0 Å². The molecule has 0 amide bonds. The predicted octanol–water partition coefficient (Wildman–Crippen LogP) is 9.85. The maximum atomic E-state index is 6.49. The second kappa shape index (κ2) is 12.0. The average Bonchev–Trinajstić information content (AvgIpc) is 2.44. The van der Waals surface area contributed by atoms with Gasteiger partial charge in [-0.25, -0.2) is 0 Å². The van der Waals surface area contributed by atoms with Gasteiger partial charge >= 0.3 is 0 Å². The van der Waals surface area contributed by atoms with Crippen molar-refractivity contribution < 1.29 is 0 Å². The quantitative estimate of drug-likeness (QED) is 0.270. The highest BCUT2D eigenvalue weighted by Gasteiger charge is 2.24. The number of hydrogen-bond donors (Lipinski definition) is 0. The van der Waals surface area contributed by atoms with Gasteiger partial charge in [-0.2, -0.15) is 0 Å². The van der Waals surface area contributed by atoms with Crippen molar-refractivity contribution in [2.75, 3.05) is 18.5 Å². The van der Waals surface area contributed by atoms with Crippen LogP contribution >= 0.6 is 6.04 Å². The van der Waals surface area contributed by atoms with Crippen LogP contribution in [-0.2, 0) is 11.8 Å². The molecule has 0 spiro atoms. The van der Waals surface area contributed by atoms with E-state index in [1.54, 1.807) is 0 Å². The normalized spacial score (nSPS) is 18.9. The minimum atomic E-state index is -1.24. The molecule has 0 fully saturated rings. The summed E-state index contributed by atoms with van der Waals surface area (Å²) < 4.78 is 0. The van der Waals surface area contributed by atoms with Crippen molar-refractivity contribution in [3.05, 3.63) is 0 Å². The Kier molecular flexibility index (Phi) is 12.3. The topological polar surface area (TPSA) is 0 Å². The lowest BCUT2D eigenvalue weighted by Gasteiger charge is -2.30. The molecule has 0 aliphatic heterocycles. The molecule has 0 saturated heterocycles. The summed E-state index contributed by atoms with van der Waals surface area (Å²) in [5.74, 6) is 2.41. The number of hydrogen-bond acceptors (Lipinski definition) is 1. The van der Waals surface area contributed by atoms with Crippen LogP contribution in [0.5, 0.6) is 0 Å². The zero-order chi connectivity index (χ0) is 23.1. The van der Waals surface area contributed by atoms with Crippen molar-refractivity contribution in [1.29, 1.82) is 0 Å². The molecule has 0 heterocycles. The van der Waals surface area contributed by atoms with Crippen molar-refractivity contribution in [3.8, 4) is 0 Å². The van der Waals surface area contributed by atoms with Crippen molar-refractivity contribution in [1.82, 2.24) is 0 Å². The zero-order valence-corrected chi connectivity index (χ0v) is 24.2. The molecule has 0 rings (SSSR count). The molecule has 3 unspecified atom stereocenters. The molecule has 3 atom stereocenters. The van der Waals surface area contributed by atoms with Gasteiger partial charge in [-0.1, -0.05) is 94.9 Å². The summed E-state index contributed by atoms with van der Waals surface area (Å²) in [7, 11) is 0. The van der Waals surface area contributed by atoms with Crippen LogP contribution in [-0.4, -0.2) is 18.5 Å². The van der Waals surface area contributed by atoms with Gasteiger partial charge in [0, 0.05) is 0 Å². The Morgan fingerprint density at radius 1 is 0.517 bits per heavy atom. The lowest BCUT2D eigenvalue weighted by Crippen LogP contribution is -2.16. The first-order valence-corrected chi connectivity index (χ1v) is 15.7. The zero-order valence-electron chi connectivity index (χ0n) is 22.5. The van der Waals surface area contributed by atoms with E-state index < -0.39 is 6.04 Å². The van der Waals surface area contributed by atoms with E-state index in [0.29, 0.717) is 16.2 Å². The Balaban J connectivity index is 4.94. The van der Waals surface area contributed by atoms with Crippen LogP contribution in [0.4, 0.5) is 0 Å². The summed E-state index contributed by atoms with van der Waals surface area (Å²) in [6, 6.07) is -1.24. The highest BCUT2D eigenvalue weighted by molar-refractivity contribution is 8.14. The summed E-state index contributed by atoms with van der Waals surface area (Å²) in [4.78, 5) is 0. The van der Waals surface area contributed by atoms with E-state index in [4.69, 9.17) is 11.8 Å². The summed E-state index contributed by atoms with van der Waals surface area (Å²) in [5, 5.41) is 0. The number of rotatable bonds is 12. The Morgan fingerprint density at radius 2 is 0.724 bits per heavy atom. The van der Waals surface area contributed by atoms with E-state index in [0.717, 1.165) is 17.8 Å². The third-order valence-corrected chi connectivity index (χ3v) is 10.8. The Morgan fingerprint density at radius 3 is 0.897 bits per heavy atom. The van der Waals surface area contributed by atoms with E-state index >= 15 is 0 Å². The lowest BCUT2D eigenvalue weighted by molar-refractivity contribution is 0.300. The first-order chi connectivity index (χ1) is 12.8. The van der Waals surface area contributed by atoms with Crippen LogP contribution in [0.25, 0.3) is 0 Å². The predicted molar refractivity (Wildman–Crippen MR) is 142 cm³/mol. The smallest absolute Gasteiger partial charge is 0.0232 e. The van der Waals surface area contributed by atoms with Gasteiger partial charge in [0.2, 0.25) is 0 Å². The molecular weight excluding hydrogens is 387 g/mol. The van der Waals surface area contributed by atoms with Crippen LogP contribution in [0.3, 0.4) is 0 Å². The fourth-order valence-corrected chi connectivity index (χ4v) is 9.50. The highest BCUT2D eigenvalue weighted by atomic mass is 32.4. The largest absolute Gasteiger partial charge is 0.0975 e. The Bertz CT molecular complexity index is 415. The van der Waals surface area contributed by atoms with E-state index in [-0.39, 0.29) is 0 Å². The molecule has 29 heavy (non-hydrogen) atoms. The monoisotopic (exact) mass is 444 g/mol. The van der Waals surface area contributed by atoms with Gasteiger partial charge in [-0.3, -0.25) is 0 Å². The van der Waals surface area contributed by atoms with Gasteiger partial charge in [0.1, 0.15) is 0 Å². The van der Waals surface area contributed by atoms with Gasteiger partial charge in [0.15, 0.2) is 0 Å². The average molecular weight is 445 g/mol. The molecule has 0 N–H and O–H groups in total. The maximum absolute atomic E-state index is 6.49.